The van der Waals surface area contributed by atoms with Gasteiger partial charge in [-0.2, -0.15) is 0 Å². The van der Waals surface area contributed by atoms with Crippen molar-refractivity contribution in [3.63, 3.8) is 0 Å². The van der Waals surface area contributed by atoms with Crippen LogP contribution in [0.25, 0.3) is 0 Å². The molecule has 0 aliphatic carbocycles. The zero-order valence-corrected chi connectivity index (χ0v) is 7.33. The number of hydrogen-bond acceptors (Lipinski definition) is 4. The van der Waals surface area contributed by atoms with Crippen LogP contribution in [0.5, 0.6) is 0 Å². The van der Waals surface area contributed by atoms with Crippen LogP contribution in [0.15, 0.2) is 20.0 Å². The molecule has 0 aromatic rings. The Hall–Kier alpha value is -1.98. The lowest BCUT2D eigenvalue weighted by Gasteiger charge is -1.87. The van der Waals surface area contributed by atoms with E-state index in [2.05, 4.69) is 20.0 Å². The predicted octanol–water partition coefficient (Wildman–Crippen LogP) is -0.0277. The fraction of sp³-hybridized carbons (Fsp3) is 0.250. The van der Waals surface area contributed by atoms with Crippen molar-refractivity contribution in [2.45, 2.75) is 0 Å². The van der Waals surface area contributed by atoms with E-state index in [0.29, 0.717) is 0 Å². The van der Waals surface area contributed by atoms with Crippen molar-refractivity contribution in [3.8, 4) is 0 Å². The Morgan fingerprint density at radius 3 is 1.93 bits per heavy atom. The summed E-state index contributed by atoms with van der Waals surface area (Å²) in [7, 11) is 0. The second-order valence-corrected chi connectivity index (χ2v) is 2.30. The summed E-state index contributed by atoms with van der Waals surface area (Å²) in [6, 6.07) is -0.595. The minimum Gasteiger partial charge on any atom is -0.287 e. The van der Waals surface area contributed by atoms with E-state index >= 15 is 0 Å². The van der Waals surface area contributed by atoms with E-state index in [-0.39, 0.29) is 18.9 Å². The topological polar surface area (TPSA) is 83.6 Å². The van der Waals surface area contributed by atoms with Gasteiger partial charge in [0.25, 0.3) is 0 Å². The van der Waals surface area contributed by atoms with Gasteiger partial charge in [-0.1, -0.05) is 0 Å². The van der Waals surface area contributed by atoms with E-state index in [4.69, 9.17) is 0 Å². The average molecular weight is 192 g/mol. The molecule has 0 fully saturated rings. The maximum atomic E-state index is 10.9. The maximum Gasteiger partial charge on any atom is 0.366 e. The SMILES string of the molecule is O=C1C=NCC=NC(=O)N=CCN=C1. The number of amides is 2. The minimum absolute atomic E-state index is 0.181. The molecule has 6 heteroatoms. The lowest BCUT2D eigenvalue weighted by molar-refractivity contribution is -0.106. The molecule has 0 unspecified atom stereocenters. The third-order valence-corrected chi connectivity index (χ3v) is 1.21. The van der Waals surface area contributed by atoms with Gasteiger partial charge in [-0.3, -0.25) is 14.8 Å². The highest BCUT2D eigenvalue weighted by atomic mass is 16.2. The summed E-state index contributed by atoms with van der Waals surface area (Å²) in [5.41, 5.74) is 0. The molecule has 6 nitrogen and oxygen atoms in total. The average Bonchev–Trinajstić information content (AvgIpc) is 2.14. The summed E-state index contributed by atoms with van der Waals surface area (Å²) >= 11 is 0. The second-order valence-electron chi connectivity index (χ2n) is 2.30. The number of urea groups is 1. The molecule has 0 spiro atoms. The zero-order chi connectivity index (χ0) is 10.2. The van der Waals surface area contributed by atoms with E-state index in [1.54, 1.807) is 0 Å². The molecule has 0 saturated carbocycles. The Kier molecular flexibility index (Phi) is 4.06. The van der Waals surface area contributed by atoms with Crippen LogP contribution in [-0.2, 0) is 4.79 Å². The highest BCUT2D eigenvalue weighted by Crippen LogP contribution is 1.81. The number of ketones is 1. The molecule has 14 heavy (non-hydrogen) atoms. The molecule has 1 heterocycles. The Morgan fingerprint density at radius 2 is 1.43 bits per heavy atom. The maximum absolute atomic E-state index is 10.9. The molecule has 0 bridgehead atoms. The van der Waals surface area contributed by atoms with Crippen molar-refractivity contribution >= 4 is 36.7 Å². The second kappa shape index (κ2) is 5.63. The van der Waals surface area contributed by atoms with E-state index in [9.17, 15) is 9.59 Å². The smallest absolute Gasteiger partial charge is 0.287 e. The van der Waals surface area contributed by atoms with Crippen LogP contribution in [0, 0.1) is 0 Å². The van der Waals surface area contributed by atoms with Gasteiger partial charge in [0.1, 0.15) is 0 Å². The largest absolute Gasteiger partial charge is 0.366 e. The first kappa shape index (κ1) is 10.1. The molecule has 1 rings (SSSR count). The van der Waals surface area contributed by atoms with Crippen molar-refractivity contribution in [2.24, 2.45) is 20.0 Å². The van der Waals surface area contributed by atoms with E-state index in [1.165, 1.54) is 12.4 Å². The van der Waals surface area contributed by atoms with Gasteiger partial charge >= 0.3 is 6.03 Å². The number of carbonyl (C=O) groups is 2. The molecule has 0 aromatic carbocycles. The van der Waals surface area contributed by atoms with Crippen LogP contribution < -0.4 is 0 Å². The van der Waals surface area contributed by atoms with Gasteiger partial charge in [0, 0.05) is 12.4 Å². The highest BCUT2D eigenvalue weighted by Gasteiger charge is 1.92. The predicted molar refractivity (Wildman–Crippen MR) is 54.1 cm³/mol. The van der Waals surface area contributed by atoms with Crippen LogP contribution in [0.3, 0.4) is 0 Å². The van der Waals surface area contributed by atoms with Gasteiger partial charge in [0.05, 0.1) is 25.5 Å². The summed E-state index contributed by atoms with van der Waals surface area (Å²) in [6.07, 6.45) is 4.86. The lowest BCUT2D eigenvalue weighted by atomic mass is 10.4. The third kappa shape index (κ3) is 4.15. The first-order valence-corrected chi connectivity index (χ1v) is 3.91. The molecule has 72 valence electrons. The van der Waals surface area contributed by atoms with Crippen LogP contribution in [0.2, 0.25) is 0 Å². The van der Waals surface area contributed by atoms with Crippen LogP contribution in [0.4, 0.5) is 4.79 Å². The zero-order valence-electron chi connectivity index (χ0n) is 7.33. The van der Waals surface area contributed by atoms with Crippen molar-refractivity contribution < 1.29 is 9.59 Å². The number of hydrogen-bond donors (Lipinski definition) is 0. The summed E-state index contributed by atoms with van der Waals surface area (Å²) in [5, 5.41) is 0. The summed E-state index contributed by atoms with van der Waals surface area (Å²) in [6.45, 7) is 0.363. The Bertz CT molecular complexity index is 279. The molecule has 0 aromatic heterocycles. The third-order valence-electron chi connectivity index (χ3n) is 1.21. The molecular formula is C8H8N4O2. The van der Waals surface area contributed by atoms with Crippen LogP contribution in [0.1, 0.15) is 0 Å². The van der Waals surface area contributed by atoms with Crippen molar-refractivity contribution in [1.29, 1.82) is 0 Å². The number of carbonyl (C=O) groups excluding carboxylic acids is 2. The van der Waals surface area contributed by atoms with Gasteiger partial charge in [-0.05, 0) is 0 Å². The standard InChI is InChI=1S/C8H8N4O2/c13-7-5-9-1-3-11-8(14)12-4-2-10-6-7/h3-6H,1-2H2. The van der Waals surface area contributed by atoms with Gasteiger partial charge in [-0.25, -0.2) is 14.8 Å². The molecular weight excluding hydrogens is 184 g/mol. The molecule has 1 aliphatic rings. The fourth-order valence-electron chi connectivity index (χ4n) is 0.684. The van der Waals surface area contributed by atoms with E-state index < -0.39 is 6.03 Å². The summed E-state index contributed by atoms with van der Waals surface area (Å²) in [4.78, 5) is 36.0. The molecule has 0 saturated heterocycles. The minimum atomic E-state index is -0.595. The van der Waals surface area contributed by atoms with Crippen molar-refractivity contribution in [1.82, 2.24) is 0 Å². The number of rotatable bonds is 0. The molecule has 0 N–H and O–H groups in total. The van der Waals surface area contributed by atoms with E-state index in [0.717, 1.165) is 12.4 Å². The van der Waals surface area contributed by atoms with Crippen LogP contribution >= 0.6 is 0 Å². The summed E-state index contributed by atoms with van der Waals surface area (Å²) < 4.78 is 0. The molecule has 0 radical (unpaired) electrons. The number of aliphatic imine (C=N–C) groups is 4. The molecule has 0 atom stereocenters. The van der Waals surface area contributed by atoms with Gasteiger partial charge < -0.3 is 0 Å². The summed E-state index contributed by atoms with van der Waals surface area (Å²) in [5.74, 6) is -0.293. The van der Waals surface area contributed by atoms with Gasteiger partial charge in [-0.15, -0.1) is 0 Å². The molecule has 2 amide bonds. The Morgan fingerprint density at radius 1 is 0.929 bits per heavy atom. The van der Waals surface area contributed by atoms with Crippen molar-refractivity contribution in [2.75, 3.05) is 13.1 Å². The van der Waals surface area contributed by atoms with E-state index in [1.807, 2.05) is 0 Å². The molecule has 1 aliphatic heterocycles. The quantitative estimate of drug-likeness (QED) is 0.540. The number of nitrogens with zero attached hydrogens (tertiary/aromatic N) is 4. The number of Topliss-reactive ketones (excluding diaryl/α,β-unsaturated/α-hetero) is 1. The van der Waals surface area contributed by atoms with Gasteiger partial charge in [0.2, 0.25) is 5.78 Å². The Balaban J connectivity index is 2.69. The first-order valence-electron chi connectivity index (χ1n) is 3.91. The van der Waals surface area contributed by atoms with Gasteiger partial charge in [0.15, 0.2) is 0 Å². The lowest BCUT2D eigenvalue weighted by Crippen LogP contribution is -2.03. The normalized spacial score (nSPS) is 18.0. The van der Waals surface area contributed by atoms with Crippen LogP contribution in [-0.4, -0.2) is 49.8 Å². The highest BCUT2D eigenvalue weighted by molar-refractivity contribution is 6.53. The van der Waals surface area contributed by atoms with Crippen molar-refractivity contribution in [3.05, 3.63) is 0 Å². The monoisotopic (exact) mass is 192 g/mol. The first-order chi connectivity index (χ1) is 6.79. The fourth-order valence-corrected chi connectivity index (χ4v) is 0.684. The Labute approximate surface area is 80.2 Å².